The Morgan fingerprint density at radius 1 is 1.25 bits per heavy atom. The standard InChI is InChI=1S/C16H19N5O2S/c1-20-16(11-17-19-20)24(22,23)21-9-5-4-8-15(21)14-10-12-6-2-3-7-13(12)18-14/h2-3,6-7,10-11,15,18H,4-5,8-9H2,1H3. The molecule has 1 aliphatic heterocycles. The number of piperidine rings is 1. The summed E-state index contributed by atoms with van der Waals surface area (Å²) in [7, 11) is -2.03. The number of nitrogens with one attached hydrogen (secondary N) is 1. The van der Waals surface area contributed by atoms with Crippen molar-refractivity contribution < 1.29 is 8.42 Å². The van der Waals surface area contributed by atoms with Crippen LogP contribution in [-0.4, -0.2) is 39.2 Å². The summed E-state index contributed by atoms with van der Waals surface area (Å²) >= 11 is 0. The molecule has 1 aromatic carbocycles. The summed E-state index contributed by atoms with van der Waals surface area (Å²) in [6.07, 6.45) is 3.99. The van der Waals surface area contributed by atoms with E-state index in [-0.39, 0.29) is 11.1 Å². The molecule has 4 rings (SSSR count). The highest BCUT2D eigenvalue weighted by Crippen LogP contribution is 2.35. The average Bonchev–Trinajstić information content (AvgIpc) is 3.21. The molecule has 0 aliphatic carbocycles. The molecule has 24 heavy (non-hydrogen) atoms. The van der Waals surface area contributed by atoms with Gasteiger partial charge in [0, 0.05) is 24.8 Å². The molecule has 0 spiro atoms. The maximum atomic E-state index is 13.1. The van der Waals surface area contributed by atoms with Crippen molar-refractivity contribution >= 4 is 20.9 Å². The SMILES string of the molecule is Cn1nncc1S(=O)(=O)N1CCCCC1c1cc2ccccc2[nH]1. The summed E-state index contributed by atoms with van der Waals surface area (Å²) in [6.45, 7) is 0.507. The molecule has 0 saturated carbocycles. The minimum absolute atomic E-state index is 0.130. The zero-order valence-corrected chi connectivity index (χ0v) is 14.2. The fraction of sp³-hybridized carbons (Fsp3) is 0.375. The van der Waals surface area contributed by atoms with E-state index in [1.807, 2.05) is 24.3 Å². The molecule has 7 nitrogen and oxygen atoms in total. The van der Waals surface area contributed by atoms with Gasteiger partial charge in [-0.05, 0) is 30.4 Å². The lowest BCUT2D eigenvalue weighted by Gasteiger charge is -2.33. The molecule has 3 heterocycles. The van der Waals surface area contributed by atoms with Crippen molar-refractivity contribution in [2.45, 2.75) is 30.3 Å². The van der Waals surface area contributed by atoms with Gasteiger partial charge in [-0.3, -0.25) is 0 Å². The monoisotopic (exact) mass is 345 g/mol. The van der Waals surface area contributed by atoms with Crippen LogP contribution in [0.4, 0.5) is 0 Å². The lowest BCUT2D eigenvalue weighted by molar-refractivity contribution is 0.251. The van der Waals surface area contributed by atoms with Gasteiger partial charge in [0.15, 0.2) is 5.03 Å². The van der Waals surface area contributed by atoms with Crippen LogP contribution in [0.3, 0.4) is 0 Å². The number of hydrogen-bond acceptors (Lipinski definition) is 4. The molecule has 2 aromatic heterocycles. The fourth-order valence-corrected chi connectivity index (χ4v) is 5.13. The third kappa shape index (κ3) is 2.42. The smallest absolute Gasteiger partial charge is 0.262 e. The van der Waals surface area contributed by atoms with Gasteiger partial charge >= 0.3 is 0 Å². The van der Waals surface area contributed by atoms with E-state index in [0.717, 1.165) is 35.9 Å². The molecule has 8 heteroatoms. The van der Waals surface area contributed by atoms with E-state index in [0.29, 0.717) is 6.54 Å². The van der Waals surface area contributed by atoms with Gasteiger partial charge in [-0.2, -0.15) is 4.31 Å². The number of aromatic nitrogens is 4. The summed E-state index contributed by atoms with van der Waals surface area (Å²) in [5, 5.41) is 8.70. The molecule has 126 valence electrons. The third-order valence-corrected chi connectivity index (χ3v) is 6.56. The number of aromatic amines is 1. The molecule has 1 aliphatic rings. The van der Waals surface area contributed by atoms with Gasteiger partial charge in [0.1, 0.15) is 0 Å². The summed E-state index contributed by atoms with van der Waals surface area (Å²) < 4.78 is 29.1. The van der Waals surface area contributed by atoms with Gasteiger partial charge in [-0.1, -0.05) is 29.8 Å². The summed E-state index contributed by atoms with van der Waals surface area (Å²) in [5.74, 6) is 0. The second kappa shape index (κ2) is 5.71. The third-order valence-electron chi connectivity index (χ3n) is 4.61. The van der Waals surface area contributed by atoms with Crippen LogP contribution in [-0.2, 0) is 17.1 Å². The normalized spacial score (nSPS) is 19.8. The van der Waals surface area contributed by atoms with E-state index >= 15 is 0 Å². The van der Waals surface area contributed by atoms with Crippen LogP contribution in [0.1, 0.15) is 31.0 Å². The van der Waals surface area contributed by atoms with Crippen molar-refractivity contribution in [1.29, 1.82) is 0 Å². The first-order chi connectivity index (χ1) is 11.6. The number of para-hydroxylation sites is 1. The highest BCUT2D eigenvalue weighted by molar-refractivity contribution is 7.89. The van der Waals surface area contributed by atoms with E-state index in [9.17, 15) is 8.42 Å². The van der Waals surface area contributed by atoms with Gasteiger partial charge in [-0.25, -0.2) is 13.1 Å². The molecule has 0 radical (unpaired) electrons. The molecule has 1 atom stereocenters. The minimum atomic E-state index is -3.63. The fourth-order valence-electron chi connectivity index (χ4n) is 3.41. The Hall–Kier alpha value is -2.19. The van der Waals surface area contributed by atoms with Crippen molar-refractivity contribution in [3.05, 3.63) is 42.2 Å². The molecule has 0 bridgehead atoms. The van der Waals surface area contributed by atoms with E-state index in [1.54, 1.807) is 11.4 Å². The number of aryl methyl sites for hydroxylation is 1. The lowest BCUT2D eigenvalue weighted by atomic mass is 10.0. The van der Waals surface area contributed by atoms with Gasteiger partial charge in [0.05, 0.1) is 12.2 Å². The number of sulfonamides is 1. The molecule has 1 unspecified atom stereocenters. The van der Waals surface area contributed by atoms with Crippen LogP contribution in [0.25, 0.3) is 10.9 Å². The van der Waals surface area contributed by atoms with Crippen molar-refractivity contribution in [1.82, 2.24) is 24.3 Å². The average molecular weight is 345 g/mol. The topological polar surface area (TPSA) is 83.9 Å². The predicted octanol–water partition coefficient (Wildman–Crippen LogP) is 2.21. The van der Waals surface area contributed by atoms with Gasteiger partial charge < -0.3 is 4.98 Å². The predicted molar refractivity (Wildman–Crippen MR) is 89.8 cm³/mol. The first kappa shape index (κ1) is 15.3. The number of H-pyrrole nitrogens is 1. The van der Waals surface area contributed by atoms with E-state index in [4.69, 9.17) is 0 Å². The first-order valence-corrected chi connectivity index (χ1v) is 9.45. The second-order valence-electron chi connectivity index (χ2n) is 6.14. The Kier molecular flexibility index (Phi) is 3.65. The van der Waals surface area contributed by atoms with Crippen LogP contribution >= 0.6 is 0 Å². The summed E-state index contributed by atoms with van der Waals surface area (Å²) in [6, 6.07) is 9.85. The van der Waals surface area contributed by atoms with Crippen LogP contribution in [0.15, 0.2) is 41.6 Å². The van der Waals surface area contributed by atoms with Crippen LogP contribution < -0.4 is 0 Å². The molecule has 0 amide bonds. The van der Waals surface area contributed by atoms with E-state index in [1.165, 1.54) is 10.9 Å². The van der Waals surface area contributed by atoms with Crippen molar-refractivity contribution in [2.24, 2.45) is 7.05 Å². The zero-order chi connectivity index (χ0) is 16.7. The van der Waals surface area contributed by atoms with Crippen LogP contribution in [0.5, 0.6) is 0 Å². The Morgan fingerprint density at radius 3 is 2.83 bits per heavy atom. The quantitative estimate of drug-likeness (QED) is 0.789. The Balaban J connectivity index is 1.77. The minimum Gasteiger partial charge on any atom is -0.357 e. The van der Waals surface area contributed by atoms with Crippen molar-refractivity contribution in [2.75, 3.05) is 6.54 Å². The maximum absolute atomic E-state index is 13.1. The van der Waals surface area contributed by atoms with Gasteiger partial charge in [0.25, 0.3) is 10.0 Å². The molecule has 1 saturated heterocycles. The first-order valence-electron chi connectivity index (χ1n) is 8.01. The van der Waals surface area contributed by atoms with Crippen molar-refractivity contribution in [3.8, 4) is 0 Å². The van der Waals surface area contributed by atoms with Gasteiger partial charge in [-0.15, -0.1) is 5.10 Å². The molecule has 1 fully saturated rings. The zero-order valence-electron chi connectivity index (χ0n) is 13.4. The number of fused-ring (bicyclic) bond motifs is 1. The highest BCUT2D eigenvalue weighted by atomic mass is 32.2. The molecule has 1 N–H and O–H groups in total. The van der Waals surface area contributed by atoms with Crippen LogP contribution in [0.2, 0.25) is 0 Å². The molecular weight excluding hydrogens is 326 g/mol. The Morgan fingerprint density at radius 2 is 2.08 bits per heavy atom. The number of rotatable bonds is 3. The maximum Gasteiger partial charge on any atom is 0.262 e. The van der Waals surface area contributed by atoms with Gasteiger partial charge in [0.2, 0.25) is 0 Å². The number of hydrogen-bond donors (Lipinski definition) is 1. The molecular formula is C16H19N5O2S. The Labute approximate surface area is 140 Å². The van der Waals surface area contributed by atoms with E-state index in [2.05, 4.69) is 21.4 Å². The van der Waals surface area contributed by atoms with E-state index < -0.39 is 10.0 Å². The lowest BCUT2D eigenvalue weighted by Crippen LogP contribution is -2.39. The highest BCUT2D eigenvalue weighted by Gasteiger charge is 2.37. The summed E-state index contributed by atoms with van der Waals surface area (Å²) in [5.41, 5.74) is 1.97. The second-order valence-corrected chi connectivity index (χ2v) is 7.97. The largest absolute Gasteiger partial charge is 0.357 e. The number of nitrogens with zero attached hydrogens (tertiary/aromatic N) is 4. The van der Waals surface area contributed by atoms with Crippen molar-refractivity contribution in [3.63, 3.8) is 0 Å². The summed E-state index contributed by atoms with van der Waals surface area (Å²) in [4.78, 5) is 3.38. The van der Waals surface area contributed by atoms with Crippen LogP contribution in [0, 0.1) is 0 Å². The molecule has 3 aromatic rings. The number of benzene rings is 1. The Bertz CT molecular complexity index is 942.